The third kappa shape index (κ3) is 6.78. The molecule has 1 heteroatoms. The molecule has 1 rings (SSSR count). The number of unbranched alkanes of at least 4 members (excludes halogenated alkanes) is 4. The minimum absolute atomic E-state index is 1.23. The lowest BCUT2D eigenvalue weighted by Crippen LogP contribution is -1.85. The second-order valence-corrected chi connectivity index (χ2v) is 5.82. The Balaban J connectivity index is 2.20. The number of hydrogen-bond donors (Lipinski definition) is 0. The molecule has 0 spiro atoms. The fourth-order valence-electron chi connectivity index (χ4n) is 1.85. The van der Waals surface area contributed by atoms with Gasteiger partial charge in [0.2, 0.25) is 0 Å². The van der Waals surface area contributed by atoms with Crippen LogP contribution in [0, 0.1) is 0 Å². The van der Waals surface area contributed by atoms with Gasteiger partial charge >= 0.3 is 0 Å². The summed E-state index contributed by atoms with van der Waals surface area (Å²) in [6, 6.07) is 9.17. The molecule has 0 amide bonds. The van der Waals surface area contributed by atoms with Crippen molar-refractivity contribution in [3.05, 3.63) is 29.8 Å². The van der Waals surface area contributed by atoms with E-state index in [-0.39, 0.29) is 0 Å². The zero-order valence-corrected chi connectivity index (χ0v) is 12.2. The van der Waals surface area contributed by atoms with Crippen molar-refractivity contribution in [2.75, 3.05) is 5.75 Å². The highest BCUT2D eigenvalue weighted by atomic mass is 32.2. The van der Waals surface area contributed by atoms with E-state index in [1.165, 1.54) is 61.2 Å². The van der Waals surface area contributed by atoms with Crippen LogP contribution in [0.1, 0.15) is 57.9 Å². The topological polar surface area (TPSA) is 0 Å². The lowest BCUT2D eigenvalue weighted by molar-refractivity contribution is 0.706. The molecule has 1 aromatic rings. The maximum Gasteiger partial charge on any atom is 0.00721 e. The SMILES string of the molecule is CCCCCCSc1ccc(CCCC)cc1. The Morgan fingerprint density at radius 3 is 2.18 bits per heavy atom. The minimum Gasteiger partial charge on any atom is -0.126 e. The van der Waals surface area contributed by atoms with Gasteiger partial charge in [0.15, 0.2) is 0 Å². The van der Waals surface area contributed by atoms with Gasteiger partial charge in [0.25, 0.3) is 0 Å². The summed E-state index contributed by atoms with van der Waals surface area (Å²) >= 11 is 2.00. The highest BCUT2D eigenvalue weighted by Gasteiger charge is 1.96. The van der Waals surface area contributed by atoms with Crippen LogP contribution in [0.4, 0.5) is 0 Å². The Hall–Kier alpha value is -0.430. The molecule has 17 heavy (non-hydrogen) atoms. The predicted octanol–water partition coefficient (Wildman–Crippen LogP) is 5.70. The van der Waals surface area contributed by atoms with Gasteiger partial charge in [0.05, 0.1) is 0 Å². The smallest absolute Gasteiger partial charge is 0.00721 e. The van der Waals surface area contributed by atoms with Crippen molar-refractivity contribution in [1.29, 1.82) is 0 Å². The molecule has 0 heterocycles. The first-order chi connectivity index (χ1) is 8.36. The summed E-state index contributed by atoms with van der Waals surface area (Å²) in [6.07, 6.45) is 9.29. The molecule has 0 radical (unpaired) electrons. The predicted molar refractivity (Wildman–Crippen MR) is 79.9 cm³/mol. The van der Waals surface area contributed by atoms with Crippen LogP contribution in [0.5, 0.6) is 0 Å². The standard InChI is InChI=1S/C16H26S/c1-3-5-7-8-14-17-16-12-10-15(11-13-16)9-6-4-2/h10-13H,3-9,14H2,1-2H3. The van der Waals surface area contributed by atoms with E-state index >= 15 is 0 Å². The molecule has 0 fully saturated rings. The average molecular weight is 250 g/mol. The van der Waals surface area contributed by atoms with Crippen LogP contribution >= 0.6 is 11.8 Å². The second-order valence-electron chi connectivity index (χ2n) is 4.66. The van der Waals surface area contributed by atoms with E-state index in [1.807, 2.05) is 11.8 Å². The van der Waals surface area contributed by atoms with E-state index in [2.05, 4.69) is 38.1 Å². The van der Waals surface area contributed by atoms with Gasteiger partial charge in [-0.1, -0.05) is 51.7 Å². The highest BCUT2D eigenvalue weighted by molar-refractivity contribution is 7.99. The summed E-state index contributed by atoms with van der Waals surface area (Å²) in [5, 5.41) is 0. The number of hydrogen-bond acceptors (Lipinski definition) is 1. The van der Waals surface area contributed by atoms with Crippen LogP contribution in [-0.4, -0.2) is 5.75 Å². The summed E-state index contributed by atoms with van der Waals surface area (Å²) in [5.41, 5.74) is 1.49. The normalized spacial score (nSPS) is 10.7. The Labute approximate surface area is 111 Å². The van der Waals surface area contributed by atoms with Gasteiger partial charge in [0, 0.05) is 4.90 Å². The largest absolute Gasteiger partial charge is 0.126 e. The summed E-state index contributed by atoms with van der Waals surface area (Å²) in [7, 11) is 0. The molecule has 0 aliphatic carbocycles. The van der Waals surface area contributed by atoms with E-state index < -0.39 is 0 Å². The molecule has 0 saturated heterocycles. The average Bonchev–Trinajstić information content (AvgIpc) is 2.37. The van der Waals surface area contributed by atoms with Gasteiger partial charge in [-0.3, -0.25) is 0 Å². The van der Waals surface area contributed by atoms with Gasteiger partial charge in [-0.05, 0) is 42.7 Å². The van der Waals surface area contributed by atoms with E-state index in [1.54, 1.807) is 0 Å². The van der Waals surface area contributed by atoms with E-state index in [0.717, 1.165) is 0 Å². The molecule has 0 aromatic heterocycles. The fraction of sp³-hybridized carbons (Fsp3) is 0.625. The van der Waals surface area contributed by atoms with E-state index in [4.69, 9.17) is 0 Å². The Kier molecular flexibility index (Phi) is 8.25. The Bertz CT molecular complexity index is 276. The van der Waals surface area contributed by atoms with Crippen molar-refractivity contribution in [1.82, 2.24) is 0 Å². The molecule has 0 unspecified atom stereocenters. The maximum atomic E-state index is 2.30. The van der Waals surface area contributed by atoms with Gasteiger partial charge < -0.3 is 0 Å². The van der Waals surface area contributed by atoms with Gasteiger partial charge in [-0.15, -0.1) is 11.8 Å². The number of thioether (sulfide) groups is 1. The van der Waals surface area contributed by atoms with Crippen molar-refractivity contribution in [2.45, 2.75) is 63.7 Å². The summed E-state index contributed by atoms with van der Waals surface area (Å²) in [6.45, 7) is 4.52. The minimum atomic E-state index is 1.23. The highest BCUT2D eigenvalue weighted by Crippen LogP contribution is 2.20. The molecular weight excluding hydrogens is 224 g/mol. The van der Waals surface area contributed by atoms with Crippen LogP contribution < -0.4 is 0 Å². The third-order valence-electron chi connectivity index (χ3n) is 3.01. The summed E-state index contributed by atoms with van der Waals surface area (Å²) < 4.78 is 0. The van der Waals surface area contributed by atoms with Gasteiger partial charge in [-0.25, -0.2) is 0 Å². The fourth-order valence-corrected chi connectivity index (χ4v) is 2.76. The molecule has 96 valence electrons. The van der Waals surface area contributed by atoms with Crippen molar-refractivity contribution in [3.63, 3.8) is 0 Å². The third-order valence-corrected chi connectivity index (χ3v) is 4.11. The Morgan fingerprint density at radius 1 is 0.824 bits per heavy atom. The zero-order valence-electron chi connectivity index (χ0n) is 11.4. The molecule has 0 aliphatic rings. The maximum absolute atomic E-state index is 2.30. The first-order valence-corrected chi connectivity index (χ1v) is 8.07. The molecule has 0 saturated carbocycles. The first kappa shape index (κ1) is 14.6. The van der Waals surface area contributed by atoms with Crippen molar-refractivity contribution in [2.24, 2.45) is 0 Å². The van der Waals surface area contributed by atoms with Crippen molar-refractivity contribution < 1.29 is 0 Å². The van der Waals surface area contributed by atoms with Crippen molar-refractivity contribution >= 4 is 11.8 Å². The lowest BCUT2D eigenvalue weighted by Gasteiger charge is -2.04. The first-order valence-electron chi connectivity index (χ1n) is 7.08. The van der Waals surface area contributed by atoms with Crippen LogP contribution in [0.2, 0.25) is 0 Å². The molecule has 1 aromatic carbocycles. The molecule has 0 nitrogen and oxygen atoms in total. The molecule has 0 bridgehead atoms. The molecule has 0 aliphatic heterocycles. The van der Waals surface area contributed by atoms with Crippen molar-refractivity contribution in [3.8, 4) is 0 Å². The second kappa shape index (κ2) is 9.58. The van der Waals surface area contributed by atoms with E-state index in [9.17, 15) is 0 Å². The van der Waals surface area contributed by atoms with Crippen LogP contribution in [0.25, 0.3) is 0 Å². The lowest BCUT2D eigenvalue weighted by atomic mass is 10.1. The monoisotopic (exact) mass is 250 g/mol. The van der Waals surface area contributed by atoms with E-state index in [0.29, 0.717) is 0 Å². The quantitative estimate of drug-likeness (QED) is 0.400. The number of aryl methyl sites for hydroxylation is 1. The van der Waals surface area contributed by atoms with Gasteiger partial charge in [-0.2, -0.15) is 0 Å². The molecule has 0 atom stereocenters. The summed E-state index contributed by atoms with van der Waals surface area (Å²) in [4.78, 5) is 1.43. The van der Waals surface area contributed by atoms with Crippen LogP contribution in [0.15, 0.2) is 29.2 Å². The summed E-state index contributed by atoms with van der Waals surface area (Å²) in [5.74, 6) is 1.27. The zero-order chi connectivity index (χ0) is 12.3. The van der Waals surface area contributed by atoms with Crippen LogP contribution in [-0.2, 0) is 6.42 Å². The number of benzene rings is 1. The Morgan fingerprint density at radius 2 is 1.53 bits per heavy atom. The van der Waals surface area contributed by atoms with Crippen LogP contribution in [0.3, 0.4) is 0 Å². The number of rotatable bonds is 9. The molecular formula is C16H26S. The van der Waals surface area contributed by atoms with Gasteiger partial charge in [0.1, 0.15) is 0 Å². The molecule has 0 N–H and O–H groups in total.